The highest BCUT2D eigenvalue weighted by molar-refractivity contribution is 3.94. The Hall–Kier alpha value is -0.120. The minimum atomic E-state index is 0.563. The molecule has 0 bridgehead atoms. The van der Waals surface area contributed by atoms with Gasteiger partial charge in [-0.1, -0.05) is 0 Å². The van der Waals surface area contributed by atoms with Crippen molar-refractivity contribution in [3.8, 4) is 0 Å². The molecule has 0 amide bonds. The second-order valence-corrected chi connectivity index (χ2v) is 0.675. The van der Waals surface area contributed by atoms with Gasteiger partial charge in [0, 0.05) is 0 Å². The van der Waals surface area contributed by atoms with Crippen molar-refractivity contribution >= 4 is 0 Å². The zero-order valence-electron chi connectivity index (χ0n) is 3.97. The van der Waals surface area contributed by atoms with Gasteiger partial charge in [0.25, 0.3) is 0 Å². The van der Waals surface area contributed by atoms with Gasteiger partial charge in [-0.15, -0.1) is 0 Å². The monoisotopic (exact) mass is 90.1 g/mol. The Balaban J connectivity index is 2.34. The summed E-state index contributed by atoms with van der Waals surface area (Å²) in [4.78, 5) is 8.57. The SMILES string of the molecule is CCO[N]OC. The Morgan fingerprint density at radius 3 is 2.50 bits per heavy atom. The molecule has 37 valence electrons. The van der Waals surface area contributed by atoms with Crippen LogP contribution in [-0.2, 0) is 9.68 Å². The lowest BCUT2D eigenvalue weighted by molar-refractivity contribution is -0.157. The van der Waals surface area contributed by atoms with Crippen LogP contribution in [0.2, 0.25) is 0 Å². The standard InChI is InChI=1S/C3H8NO2/c1-3-6-4-5-2/h3H2,1-2H3. The van der Waals surface area contributed by atoms with Crippen LogP contribution >= 0.6 is 0 Å². The van der Waals surface area contributed by atoms with Gasteiger partial charge in [0.05, 0.1) is 19.4 Å². The second kappa shape index (κ2) is 4.88. The van der Waals surface area contributed by atoms with Crippen molar-refractivity contribution in [3.63, 3.8) is 0 Å². The molecular formula is C3H8NO2. The number of hydrogen-bond acceptors (Lipinski definition) is 2. The summed E-state index contributed by atoms with van der Waals surface area (Å²) < 4.78 is 0. The lowest BCUT2D eigenvalue weighted by Gasteiger charge is -1.89. The van der Waals surface area contributed by atoms with Crippen molar-refractivity contribution in [2.45, 2.75) is 6.92 Å². The molecule has 0 unspecified atom stereocenters. The van der Waals surface area contributed by atoms with Crippen LogP contribution in [0, 0.1) is 0 Å². The average molecular weight is 90.1 g/mol. The van der Waals surface area contributed by atoms with E-state index in [0.717, 1.165) is 0 Å². The maximum atomic E-state index is 4.39. The van der Waals surface area contributed by atoms with Gasteiger partial charge in [-0.2, -0.15) is 0 Å². The van der Waals surface area contributed by atoms with Crippen LogP contribution in [0.15, 0.2) is 0 Å². The van der Waals surface area contributed by atoms with Crippen molar-refractivity contribution in [2.75, 3.05) is 13.7 Å². The highest BCUT2D eigenvalue weighted by Crippen LogP contribution is 1.62. The molecule has 0 heterocycles. The molecule has 0 aromatic rings. The van der Waals surface area contributed by atoms with Crippen molar-refractivity contribution in [1.29, 1.82) is 0 Å². The van der Waals surface area contributed by atoms with E-state index < -0.39 is 0 Å². The predicted molar refractivity (Wildman–Crippen MR) is 20.8 cm³/mol. The Bertz CT molecular complexity index is 20.8. The normalized spacial score (nSPS) is 9.00. The molecule has 0 fully saturated rings. The van der Waals surface area contributed by atoms with Gasteiger partial charge in [0.15, 0.2) is 0 Å². The maximum Gasteiger partial charge on any atom is 0.0700 e. The summed E-state index contributed by atoms with van der Waals surface area (Å²) in [6.07, 6.45) is 0. The summed E-state index contributed by atoms with van der Waals surface area (Å²) in [6, 6.07) is 0. The fourth-order valence-electron chi connectivity index (χ4n) is 0.105. The number of rotatable bonds is 3. The van der Waals surface area contributed by atoms with Crippen LogP contribution in [0.4, 0.5) is 0 Å². The van der Waals surface area contributed by atoms with Crippen molar-refractivity contribution < 1.29 is 9.68 Å². The maximum absolute atomic E-state index is 4.39. The Morgan fingerprint density at radius 2 is 2.33 bits per heavy atom. The molecule has 0 aliphatic carbocycles. The third-order valence-electron chi connectivity index (χ3n) is 0.256. The van der Waals surface area contributed by atoms with Crippen molar-refractivity contribution in [3.05, 3.63) is 0 Å². The first-order valence-electron chi connectivity index (χ1n) is 1.77. The van der Waals surface area contributed by atoms with Crippen LogP contribution in [0.1, 0.15) is 6.92 Å². The predicted octanol–water partition coefficient (Wildman–Crippen LogP) is 0.104. The zero-order valence-corrected chi connectivity index (χ0v) is 3.97. The molecular weight excluding hydrogens is 82.0 g/mol. The van der Waals surface area contributed by atoms with Gasteiger partial charge in [-0.3, -0.25) is 9.68 Å². The molecule has 0 atom stereocenters. The lowest BCUT2D eigenvalue weighted by Crippen LogP contribution is -2.02. The summed E-state index contributed by atoms with van der Waals surface area (Å²) >= 11 is 0. The lowest BCUT2D eigenvalue weighted by atomic mass is 10.9. The summed E-state index contributed by atoms with van der Waals surface area (Å²) in [7, 11) is 1.44. The first-order valence-corrected chi connectivity index (χ1v) is 1.77. The van der Waals surface area contributed by atoms with E-state index in [9.17, 15) is 0 Å². The van der Waals surface area contributed by atoms with E-state index in [0.29, 0.717) is 6.61 Å². The van der Waals surface area contributed by atoms with Crippen molar-refractivity contribution in [2.24, 2.45) is 0 Å². The van der Waals surface area contributed by atoms with E-state index >= 15 is 0 Å². The van der Waals surface area contributed by atoms with Gasteiger partial charge in [0.1, 0.15) is 0 Å². The molecule has 3 heteroatoms. The first kappa shape index (κ1) is 5.88. The van der Waals surface area contributed by atoms with Crippen LogP contribution in [0.5, 0.6) is 0 Å². The molecule has 0 N–H and O–H groups in total. The topological polar surface area (TPSA) is 32.6 Å². The molecule has 3 nitrogen and oxygen atoms in total. The van der Waals surface area contributed by atoms with E-state index in [1.54, 1.807) is 0 Å². The molecule has 6 heavy (non-hydrogen) atoms. The third-order valence-corrected chi connectivity index (χ3v) is 0.256. The van der Waals surface area contributed by atoms with E-state index in [1.807, 2.05) is 6.92 Å². The molecule has 0 aliphatic rings. The van der Waals surface area contributed by atoms with Gasteiger partial charge >= 0.3 is 0 Å². The van der Waals surface area contributed by atoms with Crippen LogP contribution in [0.25, 0.3) is 0 Å². The molecule has 0 saturated heterocycles. The average Bonchev–Trinajstić information content (AvgIpc) is 1.61. The van der Waals surface area contributed by atoms with E-state index in [2.05, 4.69) is 15.3 Å². The molecule has 0 rings (SSSR count). The molecule has 0 aromatic carbocycles. The summed E-state index contributed by atoms with van der Waals surface area (Å²) in [5.74, 6) is 0. The molecule has 0 spiro atoms. The summed E-state index contributed by atoms with van der Waals surface area (Å²) in [5, 5.41) is 0. The zero-order chi connectivity index (χ0) is 4.83. The van der Waals surface area contributed by atoms with Crippen molar-refractivity contribution in [1.82, 2.24) is 5.64 Å². The van der Waals surface area contributed by atoms with Crippen LogP contribution < -0.4 is 5.64 Å². The smallest absolute Gasteiger partial charge is 0.0700 e. The molecule has 0 aromatic heterocycles. The minimum Gasteiger partial charge on any atom is -0.260 e. The van der Waals surface area contributed by atoms with E-state index in [1.165, 1.54) is 7.11 Å². The Kier molecular flexibility index (Phi) is 4.78. The first-order chi connectivity index (χ1) is 2.91. The number of nitrogens with zero attached hydrogens (tertiary/aromatic N) is 1. The highest BCUT2D eigenvalue weighted by Gasteiger charge is 1.73. The van der Waals surface area contributed by atoms with Gasteiger partial charge in [0.2, 0.25) is 0 Å². The quantitative estimate of drug-likeness (QED) is 0.364. The van der Waals surface area contributed by atoms with Crippen LogP contribution in [0.3, 0.4) is 0 Å². The van der Waals surface area contributed by atoms with Gasteiger partial charge in [-0.05, 0) is 6.92 Å². The highest BCUT2D eigenvalue weighted by atomic mass is 16.9. The Morgan fingerprint density at radius 1 is 1.67 bits per heavy atom. The van der Waals surface area contributed by atoms with Gasteiger partial charge in [-0.25, -0.2) is 0 Å². The second-order valence-electron chi connectivity index (χ2n) is 0.675. The molecule has 0 saturated carbocycles. The minimum absolute atomic E-state index is 0.563. The summed E-state index contributed by atoms with van der Waals surface area (Å²) in [5.41, 5.74) is 3.09. The fourth-order valence-corrected chi connectivity index (χ4v) is 0.105. The number of hydrogen-bond donors (Lipinski definition) is 0. The largest absolute Gasteiger partial charge is 0.260 e. The third kappa shape index (κ3) is 3.88. The Labute approximate surface area is 37.2 Å². The van der Waals surface area contributed by atoms with Gasteiger partial charge < -0.3 is 0 Å². The molecule has 1 radical (unpaired) electrons. The fraction of sp³-hybridized carbons (Fsp3) is 1.00. The molecule has 0 aliphatic heterocycles. The van der Waals surface area contributed by atoms with Crippen LogP contribution in [-0.4, -0.2) is 13.7 Å². The van der Waals surface area contributed by atoms with E-state index in [4.69, 9.17) is 0 Å². The van der Waals surface area contributed by atoms with E-state index in [-0.39, 0.29) is 0 Å². The summed E-state index contributed by atoms with van der Waals surface area (Å²) in [6.45, 7) is 2.40.